The second-order valence-electron chi connectivity index (χ2n) is 8.59. The van der Waals surface area contributed by atoms with Crippen molar-refractivity contribution in [1.29, 1.82) is 0 Å². The third-order valence-corrected chi connectivity index (χ3v) is 15.0. The van der Waals surface area contributed by atoms with Gasteiger partial charge in [-0.25, -0.2) is 19.9 Å². The van der Waals surface area contributed by atoms with Crippen LogP contribution in [0.1, 0.15) is 41.5 Å². The zero-order valence-corrected chi connectivity index (χ0v) is 27.3. The van der Waals surface area contributed by atoms with Crippen molar-refractivity contribution in [2.45, 2.75) is 58.2 Å². The van der Waals surface area contributed by atoms with Crippen LogP contribution >= 0.6 is 77.0 Å². The number of aromatic nitrogens is 6. The molecule has 1 N–H and O–H groups in total. The Morgan fingerprint density at radius 1 is 0.844 bits per heavy atom. The van der Waals surface area contributed by atoms with E-state index < -0.39 is 8.24 Å². The molecule has 32 heavy (non-hydrogen) atoms. The van der Waals surface area contributed by atoms with E-state index >= 15 is 0 Å². The molecule has 0 saturated heterocycles. The molecule has 4 aromatic rings. The molecule has 4 heterocycles. The molecule has 0 radical (unpaired) electrons. The van der Waals surface area contributed by atoms with E-state index in [0.29, 0.717) is 16.6 Å². The van der Waals surface area contributed by atoms with E-state index in [2.05, 4.69) is 149 Å². The molecular formula is C21H26Br2I2N6Si. The highest BCUT2D eigenvalue weighted by atomic mass is 127. The van der Waals surface area contributed by atoms with Crippen LogP contribution in [-0.2, 0) is 0 Å². The molecule has 0 saturated carbocycles. The lowest BCUT2D eigenvalue weighted by molar-refractivity contribution is 0.770. The Morgan fingerprint density at radius 2 is 1.38 bits per heavy atom. The van der Waals surface area contributed by atoms with Crippen molar-refractivity contribution in [2.24, 2.45) is 0 Å². The van der Waals surface area contributed by atoms with E-state index in [1.54, 1.807) is 6.20 Å². The molecular weight excluding hydrogens is 778 g/mol. The molecule has 0 unspecified atom stereocenters. The van der Waals surface area contributed by atoms with Gasteiger partial charge in [0, 0.05) is 12.4 Å². The minimum Gasteiger partial charge on any atom is -0.356 e. The monoisotopic (exact) mass is 802 g/mol. The number of aromatic amines is 1. The van der Waals surface area contributed by atoms with Crippen molar-refractivity contribution >= 4 is 108 Å². The summed E-state index contributed by atoms with van der Waals surface area (Å²) in [5, 5.41) is 0. The fraction of sp³-hybridized carbons (Fsp3) is 0.429. The van der Waals surface area contributed by atoms with Gasteiger partial charge in [-0.1, -0.05) is 41.5 Å². The number of fused-ring (bicyclic) bond motifs is 2. The summed E-state index contributed by atoms with van der Waals surface area (Å²) < 4.78 is 6.37. The van der Waals surface area contributed by atoms with Crippen LogP contribution < -0.4 is 0 Å². The number of nitrogens with zero attached hydrogens (tertiary/aromatic N) is 5. The van der Waals surface area contributed by atoms with Crippen LogP contribution in [0.4, 0.5) is 0 Å². The Labute approximate surface area is 233 Å². The summed E-state index contributed by atoms with van der Waals surface area (Å²) in [6.07, 6.45) is 7.66. The molecule has 0 bridgehead atoms. The lowest BCUT2D eigenvalue weighted by Crippen LogP contribution is -2.51. The SMILES string of the molecule is Brc1cnc2[nH]cc(I)c2n1.CC(C)[Si](C(C)C)(C(C)C)n1cc(I)c2nc(Br)cnc21. The quantitative estimate of drug-likeness (QED) is 0.167. The fourth-order valence-electron chi connectivity index (χ4n) is 4.90. The minimum atomic E-state index is -1.77. The Kier molecular flexibility index (Phi) is 8.81. The van der Waals surface area contributed by atoms with Crippen molar-refractivity contribution < 1.29 is 0 Å². The molecule has 0 fully saturated rings. The maximum atomic E-state index is 4.70. The summed E-state index contributed by atoms with van der Waals surface area (Å²) in [5.41, 5.74) is 5.75. The summed E-state index contributed by atoms with van der Waals surface area (Å²) in [7, 11) is -1.77. The van der Waals surface area contributed by atoms with Crippen LogP contribution in [0.5, 0.6) is 0 Å². The zero-order valence-electron chi connectivity index (χ0n) is 18.8. The van der Waals surface area contributed by atoms with Crippen molar-refractivity contribution in [3.05, 3.63) is 41.1 Å². The molecule has 11 heteroatoms. The lowest BCUT2D eigenvalue weighted by atomic mass is 10.5. The first-order valence-electron chi connectivity index (χ1n) is 10.3. The topological polar surface area (TPSA) is 72.3 Å². The van der Waals surface area contributed by atoms with E-state index in [4.69, 9.17) is 4.98 Å². The second-order valence-corrected chi connectivity index (χ2v) is 18.3. The predicted octanol–water partition coefficient (Wildman–Crippen LogP) is 8.15. The van der Waals surface area contributed by atoms with Crippen LogP contribution in [0.25, 0.3) is 22.3 Å². The van der Waals surface area contributed by atoms with Crippen LogP contribution in [0.3, 0.4) is 0 Å². The molecule has 4 aromatic heterocycles. The van der Waals surface area contributed by atoms with Crippen molar-refractivity contribution in [3.8, 4) is 0 Å². The third kappa shape index (κ3) is 4.96. The molecule has 6 nitrogen and oxygen atoms in total. The molecule has 0 spiro atoms. The summed E-state index contributed by atoms with van der Waals surface area (Å²) in [6, 6.07) is 0. The average molecular weight is 804 g/mol. The number of hydrogen-bond donors (Lipinski definition) is 1. The Hall–Kier alpha value is -0.123. The highest BCUT2D eigenvalue weighted by Crippen LogP contribution is 2.44. The van der Waals surface area contributed by atoms with Crippen LogP contribution in [0.2, 0.25) is 16.6 Å². The number of H-pyrrole nitrogens is 1. The Balaban J connectivity index is 0.000000219. The Morgan fingerprint density at radius 3 is 1.94 bits per heavy atom. The van der Waals surface area contributed by atoms with Crippen molar-refractivity contribution in [3.63, 3.8) is 0 Å². The first-order valence-corrected chi connectivity index (χ1v) is 16.3. The minimum absolute atomic E-state index is 0.648. The fourth-order valence-corrected chi connectivity index (χ4v) is 13.4. The van der Waals surface area contributed by atoms with Gasteiger partial charge < -0.3 is 9.22 Å². The van der Waals surface area contributed by atoms with Gasteiger partial charge in [-0.3, -0.25) is 0 Å². The summed E-state index contributed by atoms with van der Waals surface area (Å²) in [6.45, 7) is 14.2. The molecule has 0 aliphatic rings. The highest BCUT2D eigenvalue weighted by molar-refractivity contribution is 14.1. The van der Waals surface area contributed by atoms with Gasteiger partial charge in [-0.15, -0.1) is 0 Å². The van der Waals surface area contributed by atoms with Gasteiger partial charge in [0.05, 0.1) is 19.5 Å². The van der Waals surface area contributed by atoms with Gasteiger partial charge >= 0.3 is 0 Å². The van der Waals surface area contributed by atoms with Gasteiger partial charge in [0.2, 0.25) is 0 Å². The normalized spacial score (nSPS) is 12.3. The van der Waals surface area contributed by atoms with Crippen molar-refractivity contribution in [2.75, 3.05) is 0 Å². The van der Waals surface area contributed by atoms with Crippen LogP contribution in [-0.4, -0.2) is 37.4 Å². The predicted molar refractivity (Wildman–Crippen MR) is 159 cm³/mol. The molecule has 0 aliphatic heterocycles. The number of halogens is 4. The number of hydrogen-bond acceptors (Lipinski definition) is 4. The average Bonchev–Trinajstić information content (AvgIpc) is 3.22. The standard InChI is InChI=1S/C15H23BrIN3Si.C6H3BrIN3/c1-9(2)21(10(3)4,11(5)6)20-8-12(17)14-15(20)18-7-13(16)19-14;7-4-2-10-6-5(11-4)3(8)1-9-6/h7-11H,1-6H3;1-2H,(H,9,10). The molecule has 172 valence electrons. The van der Waals surface area contributed by atoms with Gasteiger partial charge in [0.1, 0.15) is 20.2 Å². The molecule has 0 atom stereocenters. The van der Waals surface area contributed by atoms with Crippen LogP contribution in [0.15, 0.2) is 34.0 Å². The molecule has 0 amide bonds. The van der Waals surface area contributed by atoms with E-state index in [-0.39, 0.29) is 0 Å². The van der Waals surface area contributed by atoms with Crippen LogP contribution in [0, 0.1) is 7.14 Å². The zero-order chi connectivity index (χ0) is 23.8. The van der Waals surface area contributed by atoms with E-state index in [9.17, 15) is 0 Å². The maximum absolute atomic E-state index is 4.70. The first kappa shape index (κ1) is 26.5. The van der Waals surface area contributed by atoms with E-state index in [1.165, 1.54) is 3.57 Å². The second kappa shape index (κ2) is 10.6. The van der Waals surface area contributed by atoms with Crippen molar-refractivity contribution in [1.82, 2.24) is 29.2 Å². The first-order chi connectivity index (χ1) is 15.0. The number of nitrogens with one attached hydrogen (secondary N) is 1. The van der Waals surface area contributed by atoms with Gasteiger partial charge in [-0.05, 0) is 93.7 Å². The maximum Gasteiger partial charge on any atom is 0.171 e. The summed E-state index contributed by atoms with van der Waals surface area (Å²) in [4.78, 5) is 20.7. The molecule has 0 aliphatic carbocycles. The molecule has 0 aromatic carbocycles. The van der Waals surface area contributed by atoms with E-state index in [0.717, 1.165) is 35.1 Å². The van der Waals surface area contributed by atoms with Gasteiger partial charge in [0.25, 0.3) is 0 Å². The summed E-state index contributed by atoms with van der Waals surface area (Å²) >= 11 is 11.3. The number of rotatable bonds is 4. The van der Waals surface area contributed by atoms with E-state index in [1.807, 2.05) is 12.4 Å². The van der Waals surface area contributed by atoms with Gasteiger partial charge in [0.15, 0.2) is 19.5 Å². The highest BCUT2D eigenvalue weighted by Gasteiger charge is 2.46. The third-order valence-electron chi connectivity index (χ3n) is 5.92. The smallest absolute Gasteiger partial charge is 0.171 e. The van der Waals surface area contributed by atoms with Gasteiger partial charge in [-0.2, -0.15) is 0 Å². The lowest BCUT2D eigenvalue weighted by Gasteiger charge is -2.44. The Bertz CT molecular complexity index is 1220. The summed E-state index contributed by atoms with van der Waals surface area (Å²) in [5.74, 6) is 0. The molecule has 4 rings (SSSR count). The largest absolute Gasteiger partial charge is 0.356 e.